The molecule has 0 saturated heterocycles. The Labute approximate surface area is 205 Å². The van der Waals surface area contributed by atoms with Gasteiger partial charge in [-0.25, -0.2) is 0 Å². The van der Waals surface area contributed by atoms with Crippen molar-refractivity contribution in [3.8, 4) is 5.75 Å². The minimum Gasteiger partial charge on any atom is -0.497 e. The van der Waals surface area contributed by atoms with Crippen molar-refractivity contribution in [2.75, 3.05) is 20.2 Å². The summed E-state index contributed by atoms with van der Waals surface area (Å²) in [6.45, 7) is 5.22. The molecule has 0 fully saturated rings. The molecule has 2 N–H and O–H groups in total. The molecule has 5 rings (SSSR count). The Morgan fingerprint density at radius 1 is 1.20 bits per heavy atom. The molecule has 2 aromatic heterocycles. The number of aryl methyl sites for hydroxylation is 1. The lowest BCUT2D eigenvalue weighted by Crippen LogP contribution is -2.33. The van der Waals surface area contributed by atoms with Crippen LogP contribution in [0.1, 0.15) is 38.4 Å². The van der Waals surface area contributed by atoms with Crippen LogP contribution in [0.5, 0.6) is 5.75 Å². The number of ether oxygens (including phenoxy) is 1. The molecule has 1 aliphatic heterocycles. The quantitative estimate of drug-likeness (QED) is 0.407. The highest BCUT2D eigenvalue weighted by Crippen LogP contribution is 2.24. The number of pyridine rings is 1. The molecule has 35 heavy (non-hydrogen) atoms. The molecule has 0 spiro atoms. The zero-order valence-corrected chi connectivity index (χ0v) is 20.2. The Morgan fingerprint density at radius 3 is 2.83 bits per heavy atom. The maximum Gasteiger partial charge on any atom is 0.267 e. The van der Waals surface area contributed by atoms with Crippen LogP contribution < -0.4 is 10.1 Å². The minimum atomic E-state index is -0.0979. The number of methoxy groups -OCH3 is 1. The van der Waals surface area contributed by atoms with Crippen LogP contribution in [0.2, 0.25) is 0 Å². The molecule has 1 amide bonds. The van der Waals surface area contributed by atoms with Gasteiger partial charge < -0.3 is 15.0 Å². The van der Waals surface area contributed by atoms with Crippen LogP contribution in [0.4, 0.5) is 0 Å². The smallest absolute Gasteiger partial charge is 0.267 e. The van der Waals surface area contributed by atoms with Crippen LogP contribution >= 0.6 is 0 Å². The third-order valence-corrected chi connectivity index (χ3v) is 6.66. The number of H-pyrrole nitrogens is 1. The number of fused-ring (bicyclic) bond motifs is 2. The van der Waals surface area contributed by atoms with Gasteiger partial charge in [-0.3, -0.25) is 14.7 Å². The summed E-state index contributed by atoms with van der Waals surface area (Å²) < 4.78 is 5.22. The molecule has 2 aromatic carbocycles. The van der Waals surface area contributed by atoms with Gasteiger partial charge in [0.15, 0.2) is 0 Å². The maximum absolute atomic E-state index is 12.8. The van der Waals surface area contributed by atoms with E-state index in [1.807, 2.05) is 55.6 Å². The van der Waals surface area contributed by atoms with Crippen molar-refractivity contribution >= 4 is 22.9 Å². The molecule has 3 heterocycles. The van der Waals surface area contributed by atoms with E-state index in [9.17, 15) is 4.79 Å². The molecule has 4 aromatic rings. The Kier molecular flexibility index (Phi) is 6.64. The molecular formula is C29H30N4O2. The van der Waals surface area contributed by atoms with Crippen molar-refractivity contribution < 1.29 is 9.53 Å². The van der Waals surface area contributed by atoms with Gasteiger partial charge in [-0.2, -0.15) is 0 Å². The molecule has 0 bridgehead atoms. The lowest BCUT2D eigenvalue weighted by atomic mass is 9.95. The minimum absolute atomic E-state index is 0.0979. The molecule has 1 aliphatic rings. The largest absolute Gasteiger partial charge is 0.497 e. The van der Waals surface area contributed by atoms with Crippen LogP contribution in [0.25, 0.3) is 17.0 Å². The van der Waals surface area contributed by atoms with Crippen LogP contribution in [0.15, 0.2) is 66.9 Å². The summed E-state index contributed by atoms with van der Waals surface area (Å²) in [7, 11) is 1.68. The fourth-order valence-corrected chi connectivity index (χ4v) is 4.68. The maximum atomic E-state index is 12.8. The summed E-state index contributed by atoms with van der Waals surface area (Å²) in [5.41, 5.74) is 7.40. The van der Waals surface area contributed by atoms with Crippen molar-refractivity contribution in [2.45, 2.75) is 26.4 Å². The number of benzene rings is 2. The second-order valence-corrected chi connectivity index (χ2v) is 8.94. The predicted molar refractivity (Wildman–Crippen MR) is 139 cm³/mol. The van der Waals surface area contributed by atoms with Crippen molar-refractivity contribution in [1.29, 1.82) is 0 Å². The van der Waals surface area contributed by atoms with Crippen molar-refractivity contribution in [2.24, 2.45) is 0 Å². The third kappa shape index (κ3) is 5.12. The van der Waals surface area contributed by atoms with Gasteiger partial charge in [-0.05, 0) is 59.9 Å². The highest BCUT2D eigenvalue weighted by atomic mass is 16.5. The Hall–Kier alpha value is -3.90. The number of amides is 1. The number of carbonyl (C=O) groups is 1. The zero-order valence-electron chi connectivity index (χ0n) is 20.2. The first-order valence-electron chi connectivity index (χ1n) is 12.0. The second-order valence-electron chi connectivity index (χ2n) is 8.94. The molecule has 0 saturated carbocycles. The lowest BCUT2D eigenvalue weighted by molar-refractivity contribution is 0.0946. The van der Waals surface area contributed by atoms with Crippen LogP contribution in [-0.4, -0.2) is 41.0 Å². The zero-order chi connectivity index (χ0) is 24.2. The first-order valence-corrected chi connectivity index (χ1v) is 12.0. The van der Waals surface area contributed by atoms with E-state index >= 15 is 0 Å². The lowest BCUT2D eigenvalue weighted by Gasteiger charge is -2.29. The molecule has 0 atom stereocenters. The Balaban J connectivity index is 1.22. The molecule has 178 valence electrons. The number of hydrogen-bond donors (Lipinski definition) is 2. The number of aromatic nitrogens is 2. The molecule has 6 heteroatoms. The van der Waals surface area contributed by atoms with Gasteiger partial charge in [-0.15, -0.1) is 0 Å². The summed E-state index contributed by atoms with van der Waals surface area (Å²) in [4.78, 5) is 23.1. The summed E-state index contributed by atoms with van der Waals surface area (Å²) >= 11 is 0. The number of para-hydroxylation sites is 1. The third-order valence-electron chi connectivity index (χ3n) is 6.66. The number of nitrogens with zero attached hydrogens (tertiary/aromatic N) is 2. The van der Waals surface area contributed by atoms with E-state index in [4.69, 9.17) is 4.74 Å². The monoisotopic (exact) mass is 466 g/mol. The highest BCUT2D eigenvalue weighted by molar-refractivity contribution is 5.97. The van der Waals surface area contributed by atoms with E-state index in [-0.39, 0.29) is 5.91 Å². The van der Waals surface area contributed by atoms with Gasteiger partial charge in [0, 0.05) is 49.0 Å². The van der Waals surface area contributed by atoms with Gasteiger partial charge in [0.1, 0.15) is 11.4 Å². The molecular weight excluding hydrogens is 436 g/mol. The number of nitrogens with one attached hydrogen (secondary N) is 2. The standard InChI is InChI=1S/C29H30N4O2/c1-20-26(18-31-29(34)28-16-22-7-3-4-8-27(22)32-28)25-13-15-33(19-23(25)17-30-20)14-5-6-21-9-11-24(35-2)12-10-21/h3-12,16-17,32H,13-15,18-19H2,1-2H3,(H,31,34)/b6-5+. The van der Waals surface area contributed by atoms with Crippen molar-refractivity contribution in [3.05, 3.63) is 101 Å². The molecule has 6 nitrogen and oxygen atoms in total. The second kappa shape index (κ2) is 10.2. The topological polar surface area (TPSA) is 70.2 Å². The number of carbonyl (C=O) groups excluding carboxylic acids is 1. The summed E-state index contributed by atoms with van der Waals surface area (Å²) in [5, 5.41) is 4.13. The normalized spacial score (nSPS) is 13.8. The van der Waals surface area contributed by atoms with E-state index in [0.717, 1.165) is 59.5 Å². The number of aromatic amines is 1. The fraction of sp³-hybridized carbons (Fsp3) is 0.241. The fourth-order valence-electron chi connectivity index (χ4n) is 4.68. The Bertz CT molecular complexity index is 1340. The number of hydrogen-bond acceptors (Lipinski definition) is 4. The van der Waals surface area contributed by atoms with Crippen molar-refractivity contribution in [3.63, 3.8) is 0 Å². The first kappa shape index (κ1) is 22.9. The van der Waals surface area contributed by atoms with Gasteiger partial charge in [0.2, 0.25) is 0 Å². The van der Waals surface area contributed by atoms with Crippen LogP contribution in [0, 0.1) is 6.92 Å². The Morgan fingerprint density at radius 2 is 2.03 bits per heavy atom. The van der Waals surface area contributed by atoms with E-state index in [1.54, 1.807) is 7.11 Å². The average Bonchev–Trinajstić information content (AvgIpc) is 3.33. The van der Waals surface area contributed by atoms with E-state index in [2.05, 4.69) is 44.5 Å². The molecule has 0 aliphatic carbocycles. The number of rotatable bonds is 7. The SMILES string of the molecule is COc1ccc(/C=C/CN2CCc3c(cnc(C)c3CNC(=O)c3cc4ccccc4[nH]3)C2)cc1. The van der Waals surface area contributed by atoms with Gasteiger partial charge in [0.25, 0.3) is 5.91 Å². The molecule has 0 radical (unpaired) electrons. The van der Waals surface area contributed by atoms with Gasteiger partial charge in [0.05, 0.1) is 7.11 Å². The summed E-state index contributed by atoms with van der Waals surface area (Å²) in [6, 6.07) is 17.9. The van der Waals surface area contributed by atoms with Crippen molar-refractivity contribution in [1.82, 2.24) is 20.2 Å². The summed E-state index contributed by atoms with van der Waals surface area (Å²) in [6.07, 6.45) is 7.29. The first-order chi connectivity index (χ1) is 17.1. The van der Waals surface area contributed by atoms with Crippen LogP contribution in [0.3, 0.4) is 0 Å². The molecule has 0 unspecified atom stereocenters. The van der Waals surface area contributed by atoms with Gasteiger partial charge >= 0.3 is 0 Å². The van der Waals surface area contributed by atoms with Crippen LogP contribution in [-0.2, 0) is 19.5 Å². The summed E-state index contributed by atoms with van der Waals surface area (Å²) in [5.74, 6) is 0.769. The van der Waals surface area contributed by atoms with E-state index in [0.29, 0.717) is 12.2 Å². The van der Waals surface area contributed by atoms with E-state index < -0.39 is 0 Å². The van der Waals surface area contributed by atoms with Gasteiger partial charge in [-0.1, -0.05) is 42.5 Å². The highest BCUT2D eigenvalue weighted by Gasteiger charge is 2.21. The predicted octanol–water partition coefficient (Wildman–Crippen LogP) is 4.88. The van der Waals surface area contributed by atoms with E-state index in [1.165, 1.54) is 11.1 Å². The average molecular weight is 467 g/mol.